The van der Waals surface area contributed by atoms with Crippen molar-refractivity contribution in [2.45, 2.75) is 56.5 Å². The molecule has 0 aliphatic carbocycles. The Morgan fingerprint density at radius 1 is 1.08 bits per heavy atom. The van der Waals surface area contributed by atoms with E-state index in [2.05, 4.69) is 26.2 Å². The number of aliphatic hydroxyl groups is 1. The van der Waals surface area contributed by atoms with Crippen LogP contribution in [0.3, 0.4) is 0 Å². The number of aromatic nitrogens is 1. The normalized spacial score (nSPS) is 13.1. The summed E-state index contributed by atoms with van der Waals surface area (Å²) in [6.07, 6.45) is -7.36. The number of anilines is 1. The summed E-state index contributed by atoms with van der Waals surface area (Å²) in [5, 5.41) is 11.9. The number of nitrogens with zero attached hydrogens (tertiary/aromatic N) is 1. The Kier molecular flexibility index (Phi) is 8.33. The maximum atomic E-state index is 12.8. The van der Waals surface area contributed by atoms with E-state index in [0.717, 1.165) is 31.0 Å². The van der Waals surface area contributed by atoms with Gasteiger partial charge in [0.15, 0.2) is 5.13 Å². The first-order valence-electron chi connectivity index (χ1n) is 7.61. The zero-order valence-electron chi connectivity index (χ0n) is 13.4. The van der Waals surface area contributed by atoms with Crippen molar-refractivity contribution in [2.24, 2.45) is 0 Å². The number of hydrogen-bond donors (Lipinski definition) is 2. The molecule has 1 amide bonds. The van der Waals surface area contributed by atoms with E-state index in [9.17, 15) is 36.2 Å². The zero-order chi connectivity index (χ0) is 20.0. The maximum absolute atomic E-state index is 12.8. The number of thiazole rings is 1. The molecule has 12 heteroatoms. The third-order valence-electron chi connectivity index (χ3n) is 3.47. The van der Waals surface area contributed by atoms with Gasteiger partial charge in [-0.25, -0.2) is 4.98 Å². The molecule has 0 radical (unpaired) electrons. The number of carbonyl (C=O) groups excluding carboxylic acids is 1. The number of unbranched alkanes of at least 4 members (excludes halogenated alkanes) is 4. The molecular formula is C14H17BrF6N2O2S. The average Bonchev–Trinajstić information content (AvgIpc) is 2.96. The predicted molar refractivity (Wildman–Crippen MR) is 88.2 cm³/mol. The molecule has 0 fully saturated rings. The van der Waals surface area contributed by atoms with E-state index in [4.69, 9.17) is 0 Å². The van der Waals surface area contributed by atoms with Crippen molar-refractivity contribution < 1.29 is 36.2 Å². The SMILES string of the molecule is O=C(CCCCCCCBr)Nc1ncc(C(O)(C(F)(F)F)C(F)(F)F)s1. The van der Waals surface area contributed by atoms with Crippen LogP contribution in [0.5, 0.6) is 0 Å². The van der Waals surface area contributed by atoms with E-state index in [1.807, 2.05) is 0 Å². The lowest BCUT2D eigenvalue weighted by atomic mass is 10.0. The van der Waals surface area contributed by atoms with Crippen LogP contribution in [0.15, 0.2) is 6.20 Å². The maximum Gasteiger partial charge on any atom is 0.431 e. The van der Waals surface area contributed by atoms with Crippen molar-refractivity contribution in [1.82, 2.24) is 4.98 Å². The number of hydrogen-bond acceptors (Lipinski definition) is 4. The summed E-state index contributed by atoms with van der Waals surface area (Å²) in [4.78, 5) is 13.6. The molecule has 26 heavy (non-hydrogen) atoms. The topological polar surface area (TPSA) is 62.2 Å². The lowest BCUT2D eigenvalue weighted by Gasteiger charge is -2.30. The Balaban J connectivity index is 2.68. The Hall–Kier alpha value is -0.880. The summed E-state index contributed by atoms with van der Waals surface area (Å²) < 4.78 is 76.6. The van der Waals surface area contributed by atoms with Crippen molar-refractivity contribution >= 4 is 38.3 Å². The largest absolute Gasteiger partial charge is 0.431 e. The van der Waals surface area contributed by atoms with E-state index in [-0.39, 0.29) is 24.0 Å². The van der Waals surface area contributed by atoms with E-state index >= 15 is 0 Å². The molecular weight excluding hydrogens is 454 g/mol. The van der Waals surface area contributed by atoms with Gasteiger partial charge in [-0.2, -0.15) is 26.3 Å². The van der Waals surface area contributed by atoms with Crippen molar-refractivity contribution in [3.63, 3.8) is 0 Å². The van der Waals surface area contributed by atoms with Gasteiger partial charge in [-0.3, -0.25) is 4.79 Å². The monoisotopic (exact) mass is 470 g/mol. The van der Waals surface area contributed by atoms with Gasteiger partial charge in [0.2, 0.25) is 5.91 Å². The molecule has 0 spiro atoms. The van der Waals surface area contributed by atoms with Crippen LogP contribution in [0.4, 0.5) is 31.5 Å². The lowest BCUT2D eigenvalue weighted by molar-refractivity contribution is -0.375. The number of carbonyl (C=O) groups is 1. The minimum Gasteiger partial charge on any atom is -0.369 e. The summed E-state index contributed by atoms with van der Waals surface area (Å²) in [6, 6.07) is 0. The van der Waals surface area contributed by atoms with Gasteiger partial charge in [0, 0.05) is 17.9 Å². The minimum atomic E-state index is -5.98. The fourth-order valence-corrected chi connectivity index (χ4v) is 3.39. The van der Waals surface area contributed by atoms with Crippen molar-refractivity contribution in [3.05, 3.63) is 11.1 Å². The highest BCUT2D eigenvalue weighted by Crippen LogP contribution is 2.51. The molecule has 1 aromatic rings. The van der Waals surface area contributed by atoms with E-state index in [1.165, 1.54) is 0 Å². The second kappa shape index (κ2) is 9.36. The Morgan fingerprint density at radius 3 is 2.15 bits per heavy atom. The van der Waals surface area contributed by atoms with Crippen LogP contribution in [0.25, 0.3) is 0 Å². The number of halogens is 7. The Morgan fingerprint density at radius 2 is 1.62 bits per heavy atom. The smallest absolute Gasteiger partial charge is 0.369 e. The zero-order valence-corrected chi connectivity index (χ0v) is 15.8. The van der Waals surface area contributed by atoms with Gasteiger partial charge in [-0.15, -0.1) is 0 Å². The van der Waals surface area contributed by atoms with E-state index in [0.29, 0.717) is 6.42 Å². The first-order chi connectivity index (χ1) is 11.9. The Bertz CT molecular complexity index is 577. The Labute approximate surface area is 158 Å². The highest BCUT2D eigenvalue weighted by Gasteiger charge is 2.72. The molecule has 4 nitrogen and oxygen atoms in total. The molecule has 0 aliphatic heterocycles. The fraction of sp³-hybridized carbons (Fsp3) is 0.714. The summed E-state index contributed by atoms with van der Waals surface area (Å²) in [5.41, 5.74) is -5.03. The number of amides is 1. The molecule has 0 aromatic carbocycles. The van der Waals surface area contributed by atoms with Gasteiger partial charge >= 0.3 is 12.4 Å². The van der Waals surface area contributed by atoms with Crippen LogP contribution in [-0.2, 0) is 10.4 Å². The molecule has 0 saturated carbocycles. The van der Waals surface area contributed by atoms with Crippen LogP contribution in [0.1, 0.15) is 43.4 Å². The predicted octanol–water partition coefficient (Wildman–Crippen LogP) is 5.13. The molecule has 150 valence electrons. The molecule has 1 heterocycles. The number of rotatable bonds is 9. The molecule has 0 aliphatic rings. The summed E-state index contributed by atoms with van der Waals surface area (Å²) in [7, 11) is 0. The molecule has 0 bridgehead atoms. The van der Waals surface area contributed by atoms with Crippen molar-refractivity contribution in [3.8, 4) is 0 Å². The van der Waals surface area contributed by atoms with Crippen LogP contribution in [0.2, 0.25) is 0 Å². The van der Waals surface area contributed by atoms with E-state index < -0.39 is 33.9 Å². The third-order valence-corrected chi connectivity index (χ3v) is 5.05. The molecule has 2 N–H and O–H groups in total. The second-order valence-corrected chi connectivity index (χ2v) is 7.31. The number of nitrogens with one attached hydrogen (secondary N) is 1. The first kappa shape index (κ1) is 23.2. The van der Waals surface area contributed by atoms with Crippen LogP contribution in [-0.4, -0.2) is 33.7 Å². The average molecular weight is 471 g/mol. The molecule has 0 saturated heterocycles. The summed E-state index contributed by atoms with van der Waals surface area (Å²) in [5.74, 6) is -0.561. The standard InChI is InChI=1S/C14H17BrF6N2O2S/c15-7-5-3-1-2-4-6-10(24)23-11-22-8-9(26-11)12(25,13(16,17)18)14(19,20)21/h8,25H,1-7H2,(H,22,23,24). The summed E-state index contributed by atoms with van der Waals surface area (Å²) in [6.45, 7) is 0. The van der Waals surface area contributed by atoms with Crippen LogP contribution in [0, 0.1) is 0 Å². The van der Waals surface area contributed by atoms with Crippen molar-refractivity contribution in [1.29, 1.82) is 0 Å². The van der Waals surface area contributed by atoms with Gasteiger partial charge < -0.3 is 10.4 Å². The van der Waals surface area contributed by atoms with Gasteiger partial charge in [-0.05, 0) is 12.8 Å². The molecule has 0 atom stereocenters. The molecule has 1 aromatic heterocycles. The van der Waals surface area contributed by atoms with E-state index in [1.54, 1.807) is 0 Å². The highest BCUT2D eigenvalue weighted by molar-refractivity contribution is 9.09. The quantitative estimate of drug-likeness (QED) is 0.298. The van der Waals surface area contributed by atoms with Gasteiger partial charge in [0.25, 0.3) is 5.60 Å². The number of alkyl halides is 7. The van der Waals surface area contributed by atoms with Crippen LogP contribution >= 0.6 is 27.3 Å². The van der Waals surface area contributed by atoms with Gasteiger partial charge in [0.1, 0.15) is 0 Å². The van der Waals surface area contributed by atoms with Crippen molar-refractivity contribution in [2.75, 3.05) is 10.6 Å². The van der Waals surface area contributed by atoms with Gasteiger partial charge in [-0.1, -0.05) is 46.5 Å². The molecule has 1 rings (SSSR count). The van der Waals surface area contributed by atoms with Crippen LogP contribution < -0.4 is 5.32 Å². The second-order valence-electron chi connectivity index (χ2n) is 5.49. The fourth-order valence-electron chi connectivity index (χ4n) is 2.03. The first-order valence-corrected chi connectivity index (χ1v) is 9.55. The van der Waals surface area contributed by atoms with Gasteiger partial charge in [0.05, 0.1) is 4.88 Å². The lowest BCUT2D eigenvalue weighted by Crippen LogP contribution is -2.53. The highest BCUT2D eigenvalue weighted by atomic mass is 79.9. The minimum absolute atomic E-state index is 0.0660. The third kappa shape index (κ3) is 5.81. The summed E-state index contributed by atoms with van der Waals surface area (Å²) >= 11 is 3.22. The molecule has 0 unspecified atom stereocenters.